The maximum atomic E-state index is 12.4. The Labute approximate surface area is 79.1 Å². The molecule has 0 unspecified atom stereocenters. The fourth-order valence-corrected chi connectivity index (χ4v) is 1.03. The Balaban J connectivity index is 3.37. The maximum Gasteiger partial charge on any atom is 0.281 e. The highest BCUT2D eigenvalue weighted by Gasteiger charge is 2.18. The van der Waals surface area contributed by atoms with Crippen molar-refractivity contribution in [2.24, 2.45) is 5.73 Å². The van der Waals surface area contributed by atoms with Gasteiger partial charge in [0.1, 0.15) is 17.3 Å². The van der Waals surface area contributed by atoms with Gasteiger partial charge in [0.2, 0.25) is 0 Å². The molecule has 0 aromatic carbocycles. The zero-order valence-electron chi connectivity index (χ0n) is 7.17. The number of aromatic nitrogens is 1. The molecule has 1 aromatic heterocycles. The lowest BCUT2D eigenvalue weighted by molar-refractivity contribution is 0.145. The van der Waals surface area contributed by atoms with E-state index in [1.165, 1.54) is 6.07 Å². The van der Waals surface area contributed by atoms with Gasteiger partial charge >= 0.3 is 0 Å². The molecule has 0 bridgehead atoms. The third kappa shape index (κ3) is 1.78. The summed E-state index contributed by atoms with van der Waals surface area (Å²) in [5.74, 6) is 0. The van der Waals surface area contributed by atoms with Crippen molar-refractivity contribution in [2.45, 2.75) is 13.0 Å². The van der Waals surface area contributed by atoms with Crippen molar-refractivity contribution >= 4 is 5.69 Å². The predicted molar refractivity (Wildman–Crippen MR) is 46.2 cm³/mol. The van der Waals surface area contributed by atoms with Crippen LogP contribution in [0.15, 0.2) is 6.07 Å². The van der Waals surface area contributed by atoms with E-state index in [2.05, 4.69) is 4.98 Å². The summed E-state index contributed by atoms with van der Waals surface area (Å²) in [6, 6.07) is 2.91. The molecule has 6 heteroatoms. The second-order valence-corrected chi connectivity index (χ2v) is 2.58. The van der Waals surface area contributed by atoms with Crippen molar-refractivity contribution in [1.82, 2.24) is 4.98 Å². The molecule has 0 aliphatic carbocycles. The Hall–Kier alpha value is -1.74. The van der Waals surface area contributed by atoms with Crippen LogP contribution in [0.5, 0.6) is 0 Å². The highest BCUT2D eigenvalue weighted by molar-refractivity contribution is 5.57. The number of nitrogens with two attached hydrogens (primary N) is 2. The Morgan fingerprint density at radius 1 is 1.57 bits per heavy atom. The molecule has 0 fully saturated rings. The third-order valence-corrected chi connectivity index (χ3v) is 1.66. The quantitative estimate of drug-likeness (QED) is 0.739. The Kier molecular flexibility index (Phi) is 2.94. The molecule has 1 aromatic rings. The summed E-state index contributed by atoms with van der Waals surface area (Å²) in [5, 5.41) is 8.58. The van der Waals surface area contributed by atoms with E-state index in [1.807, 2.05) is 0 Å². The predicted octanol–water partition coefficient (Wildman–Crippen LogP) is 0.932. The summed E-state index contributed by atoms with van der Waals surface area (Å²) in [5.41, 5.74) is 9.98. The van der Waals surface area contributed by atoms with Crippen molar-refractivity contribution in [3.8, 4) is 6.07 Å². The van der Waals surface area contributed by atoms with E-state index >= 15 is 0 Å². The molecular formula is C8H8F2N4. The number of pyridine rings is 1. The molecule has 0 aliphatic heterocycles. The molecule has 0 spiro atoms. The van der Waals surface area contributed by atoms with E-state index in [0.29, 0.717) is 0 Å². The number of nitrogen functional groups attached to an aromatic ring is 1. The molecular weight excluding hydrogens is 190 g/mol. The molecule has 0 saturated heterocycles. The SMILES string of the molecule is N#Cc1c(N)cc(CN)nc1C(F)F. The van der Waals surface area contributed by atoms with Gasteiger partial charge in [-0.3, -0.25) is 0 Å². The van der Waals surface area contributed by atoms with Crippen LogP contribution in [0.2, 0.25) is 0 Å². The number of anilines is 1. The van der Waals surface area contributed by atoms with Gasteiger partial charge < -0.3 is 11.5 Å². The molecule has 14 heavy (non-hydrogen) atoms. The number of hydrogen-bond acceptors (Lipinski definition) is 4. The van der Waals surface area contributed by atoms with Gasteiger partial charge in [-0.25, -0.2) is 13.8 Å². The normalized spacial score (nSPS) is 10.2. The molecule has 0 aliphatic rings. The standard InChI is InChI=1S/C8H8F2N4/c9-8(10)7-5(3-12)6(13)1-4(2-11)14-7/h1,8H,2,11H2,(H2,13,14). The van der Waals surface area contributed by atoms with Crippen molar-refractivity contribution in [1.29, 1.82) is 5.26 Å². The van der Waals surface area contributed by atoms with Crippen molar-refractivity contribution in [2.75, 3.05) is 5.73 Å². The number of alkyl halides is 2. The first-order valence-corrected chi connectivity index (χ1v) is 3.77. The summed E-state index contributed by atoms with van der Waals surface area (Å²) in [6.07, 6.45) is -2.82. The van der Waals surface area contributed by atoms with E-state index in [9.17, 15) is 8.78 Å². The molecule has 74 valence electrons. The molecule has 4 nitrogen and oxygen atoms in total. The fourth-order valence-electron chi connectivity index (χ4n) is 1.03. The minimum atomic E-state index is -2.82. The largest absolute Gasteiger partial charge is 0.398 e. The minimum absolute atomic E-state index is 0.00955. The number of halogens is 2. The van der Waals surface area contributed by atoms with E-state index < -0.39 is 12.1 Å². The second-order valence-electron chi connectivity index (χ2n) is 2.58. The zero-order valence-corrected chi connectivity index (χ0v) is 7.17. The minimum Gasteiger partial charge on any atom is -0.398 e. The summed E-state index contributed by atoms with van der Waals surface area (Å²) in [6.45, 7) is 0.00955. The van der Waals surface area contributed by atoms with Crippen LogP contribution in [-0.2, 0) is 6.54 Å². The average molecular weight is 198 g/mol. The van der Waals surface area contributed by atoms with Crippen molar-refractivity contribution in [3.63, 3.8) is 0 Å². The highest BCUT2D eigenvalue weighted by Crippen LogP contribution is 2.25. The van der Waals surface area contributed by atoms with Crippen molar-refractivity contribution in [3.05, 3.63) is 23.0 Å². The summed E-state index contributed by atoms with van der Waals surface area (Å²) >= 11 is 0. The average Bonchev–Trinajstić information content (AvgIpc) is 2.16. The van der Waals surface area contributed by atoms with Gasteiger partial charge in [-0.15, -0.1) is 0 Å². The van der Waals surface area contributed by atoms with Crippen LogP contribution >= 0.6 is 0 Å². The summed E-state index contributed by atoms with van der Waals surface area (Å²) < 4.78 is 24.8. The van der Waals surface area contributed by atoms with Gasteiger partial charge in [-0.1, -0.05) is 0 Å². The van der Waals surface area contributed by atoms with E-state index in [0.717, 1.165) is 0 Å². The van der Waals surface area contributed by atoms with Gasteiger partial charge in [0.25, 0.3) is 6.43 Å². The lowest BCUT2D eigenvalue weighted by Crippen LogP contribution is -2.07. The molecule has 0 saturated carbocycles. The van der Waals surface area contributed by atoms with E-state index in [4.69, 9.17) is 16.7 Å². The molecule has 1 rings (SSSR count). The second kappa shape index (κ2) is 3.98. The lowest BCUT2D eigenvalue weighted by Gasteiger charge is -2.06. The summed E-state index contributed by atoms with van der Waals surface area (Å²) in [7, 11) is 0. The van der Waals surface area contributed by atoms with Gasteiger partial charge in [-0.2, -0.15) is 5.26 Å². The van der Waals surface area contributed by atoms with Crippen molar-refractivity contribution < 1.29 is 8.78 Å². The van der Waals surface area contributed by atoms with Crippen LogP contribution in [0.4, 0.5) is 14.5 Å². The molecule has 1 heterocycles. The van der Waals surface area contributed by atoms with Gasteiger partial charge in [0.05, 0.1) is 11.4 Å². The van der Waals surface area contributed by atoms with Crippen LogP contribution < -0.4 is 11.5 Å². The smallest absolute Gasteiger partial charge is 0.281 e. The maximum absolute atomic E-state index is 12.4. The van der Waals surface area contributed by atoms with Gasteiger partial charge in [0.15, 0.2) is 0 Å². The number of nitrogens with zero attached hydrogens (tertiary/aromatic N) is 2. The number of hydrogen-bond donors (Lipinski definition) is 2. The van der Waals surface area contributed by atoms with E-state index in [-0.39, 0.29) is 23.5 Å². The van der Waals surface area contributed by atoms with E-state index in [1.54, 1.807) is 6.07 Å². The molecule has 4 N–H and O–H groups in total. The zero-order chi connectivity index (χ0) is 10.7. The lowest BCUT2D eigenvalue weighted by atomic mass is 10.1. The van der Waals surface area contributed by atoms with Crippen LogP contribution in [0, 0.1) is 11.3 Å². The van der Waals surface area contributed by atoms with Crippen LogP contribution in [-0.4, -0.2) is 4.98 Å². The van der Waals surface area contributed by atoms with Crippen LogP contribution in [0.25, 0.3) is 0 Å². The first kappa shape index (κ1) is 10.3. The Morgan fingerprint density at radius 2 is 2.21 bits per heavy atom. The van der Waals surface area contributed by atoms with Crippen LogP contribution in [0.1, 0.15) is 23.4 Å². The Bertz CT molecular complexity index is 384. The van der Waals surface area contributed by atoms with Gasteiger partial charge in [0, 0.05) is 6.54 Å². The molecule has 0 atom stereocenters. The third-order valence-electron chi connectivity index (χ3n) is 1.66. The monoisotopic (exact) mass is 198 g/mol. The highest BCUT2D eigenvalue weighted by atomic mass is 19.3. The van der Waals surface area contributed by atoms with Crippen LogP contribution in [0.3, 0.4) is 0 Å². The first-order chi connectivity index (χ1) is 6.60. The first-order valence-electron chi connectivity index (χ1n) is 3.77. The molecule has 0 radical (unpaired) electrons. The number of rotatable bonds is 2. The molecule has 0 amide bonds. The van der Waals surface area contributed by atoms with Gasteiger partial charge in [-0.05, 0) is 6.07 Å². The summed E-state index contributed by atoms with van der Waals surface area (Å²) in [4.78, 5) is 3.54. The number of nitriles is 1. The Morgan fingerprint density at radius 3 is 2.64 bits per heavy atom. The fraction of sp³-hybridized carbons (Fsp3) is 0.250. The topological polar surface area (TPSA) is 88.7 Å².